The molecule has 2 bridgehead atoms. The third kappa shape index (κ3) is 2.60. The average Bonchev–Trinajstić information content (AvgIpc) is 2.32. The third-order valence-corrected chi connectivity index (χ3v) is 3.50. The highest BCUT2D eigenvalue weighted by molar-refractivity contribution is 5.86. The number of hydrogen-bond acceptors (Lipinski definition) is 5. The van der Waals surface area contributed by atoms with E-state index < -0.39 is 11.9 Å². The first kappa shape index (κ1) is 12.4. The highest BCUT2D eigenvalue weighted by Gasteiger charge is 2.46. The van der Waals surface area contributed by atoms with Gasteiger partial charge in [-0.15, -0.1) is 0 Å². The minimum Gasteiger partial charge on any atom is -0.452 e. The van der Waals surface area contributed by atoms with Gasteiger partial charge in [0, 0.05) is 12.8 Å². The van der Waals surface area contributed by atoms with Gasteiger partial charge in [-0.05, 0) is 25.7 Å². The second-order valence-electron chi connectivity index (χ2n) is 4.75. The minimum atomic E-state index is -1.15. The number of rotatable bonds is 1. The number of aliphatic hydroxyl groups is 1. The summed E-state index contributed by atoms with van der Waals surface area (Å²) < 4.78 is 5.45. The van der Waals surface area contributed by atoms with E-state index in [1.807, 2.05) is 6.92 Å². The molecule has 1 fully saturated rings. The summed E-state index contributed by atoms with van der Waals surface area (Å²) in [6, 6.07) is 0. The van der Waals surface area contributed by atoms with Crippen molar-refractivity contribution in [2.24, 2.45) is 5.16 Å². The van der Waals surface area contributed by atoms with Crippen molar-refractivity contribution in [3.63, 3.8) is 0 Å². The molecule has 0 aromatic carbocycles. The van der Waals surface area contributed by atoms with Crippen LogP contribution in [0.1, 0.15) is 51.9 Å². The molecule has 1 N–H and O–H groups in total. The van der Waals surface area contributed by atoms with Crippen LogP contribution < -0.4 is 0 Å². The molecule has 2 rings (SSSR count). The first-order valence-electron chi connectivity index (χ1n) is 6.28. The van der Waals surface area contributed by atoms with Crippen LogP contribution in [-0.4, -0.2) is 28.7 Å². The molecule has 0 amide bonds. The van der Waals surface area contributed by atoms with Crippen LogP contribution in [0, 0.1) is 0 Å². The van der Waals surface area contributed by atoms with Gasteiger partial charge in [-0.2, -0.15) is 0 Å². The molecule has 0 spiro atoms. The Balaban J connectivity index is 2.22. The van der Waals surface area contributed by atoms with Crippen LogP contribution in [0.15, 0.2) is 5.16 Å². The molecule has 0 aromatic heterocycles. The van der Waals surface area contributed by atoms with Crippen LogP contribution in [0.2, 0.25) is 0 Å². The lowest BCUT2D eigenvalue weighted by atomic mass is 9.89. The quantitative estimate of drug-likeness (QED) is 0.710. The summed E-state index contributed by atoms with van der Waals surface area (Å²) in [5.41, 5.74) is -0.0576. The molecular formula is C12H19NO4. The molecule has 0 aromatic rings. The number of oxime groups is 1. The monoisotopic (exact) mass is 241 g/mol. The molecule has 0 radical (unpaired) electrons. The lowest BCUT2D eigenvalue weighted by Gasteiger charge is -2.38. The van der Waals surface area contributed by atoms with Gasteiger partial charge < -0.3 is 14.7 Å². The van der Waals surface area contributed by atoms with Crippen molar-refractivity contribution in [1.29, 1.82) is 0 Å². The SMILES string of the molecule is CC[C@]12CC(=NO[C@@H]1O)CCCCCC(=O)O2. The van der Waals surface area contributed by atoms with E-state index in [2.05, 4.69) is 5.16 Å². The number of hydrogen-bond donors (Lipinski definition) is 1. The van der Waals surface area contributed by atoms with Crippen molar-refractivity contribution in [2.45, 2.75) is 63.8 Å². The van der Waals surface area contributed by atoms with Gasteiger partial charge in [0.05, 0.1) is 5.71 Å². The highest BCUT2D eigenvalue weighted by Crippen LogP contribution is 2.32. The molecule has 5 nitrogen and oxygen atoms in total. The Morgan fingerprint density at radius 2 is 2.18 bits per heavy atom. The fraction of sp³-hybridized carbons (Fsp3) is 0.833. The van der Waals surface area contributed by atoms with E-state index >= 15 is 0 Å². The fourth-order valence-electron chi connectivity index (χ4n) is 2.33. The van der Waals surface area contributed by atoms with Crippen LogP contribution in [0.3, 0.4) is 0 Å². The van der Waals surface area contributed by atoms with E-state index in [0.29, 0.717) is 19.3 Å². The van der Waals surface area contributed by atoms with Gasteiger partial charge in [0.15, 0.2) is 5.60 Å². The Bertz CT molecular complexity index is 328. The maximum atomic E-state index is 11.7. The number of ether oxygens (including phenoxy) is 1. The Labute approximate surface area is 101 Å². The third-order valence-electron chi connectivity index (χ3n) is 3.50. The lowest BCUT2D eigenvalue weighted by molar-refractivity contribution is -0.237. The van der Waals surface area contributed by atoms with Gasteiger partial charge in [0.2, 0.25) is 0 Å². The normalized spacial score (nSPS) is 34.4. The fourth-order valence-corrected chi connectivity index (χ4v) is 2.33. The molecular weight excluding hydrogens is 222 g/mol. The molecule has 2 atom stereocenters. The summed E-state index contributed by atoms with van der Waals surface area (Å²) in [6.45, 7) is 1.88. The van der Waals surface area contributed by atoms with Crippen LogP contribution in [-0.2, 0) is 14.4 Å². The molecule has 96 valence electrons. The van der Waals surface area contributed by atoms with Gasteiger partial charge >= 0.3 is 5.97 Å². The van der Waals surface area contributed by atoms with E-state index in [1.54, 1.807) is 0 Å². The zero-order valence-corrected chi connectivity index (χ0v) is 10.1. The Morgan fingerprint density at radius 3 is 2.94 bits per heavy atom. The topological polar surface area (TPSA) is 68.1 Å². The molecule has 2 aliphatic heterocycles. The van der Waals surface area contributed by atoms with Crippen molar-refractivity contribution in [3.8, 4) is 0 Å². The number of carbonyl (C=O) groups excluding carboxylic acids is 1. The minimum absolute atomic E-state index is 0.252. The number of esters is 1. The predicted octanol–water partition coefficient (Wildman–Crippen LogP) is 1.74. The van der Waals surface area contributed by atoms with Gasteiger partial charge in [-0.3, -0.25) is 4.79 Å². The van der Waals surface area contributed by atoms with Crippen LogP contribution in [0.25, 0.3) is 0 Å². The largest absolute Gasteiger partial charge is 0.452 e. The maximum absolute atomic E-state index is 11.7. The lowest BCUT2D eigenvalue weighted by Crippen LogP contribution is -2.50. The van der Waals surface area contributed by atoms with Crippen molar-refractivity contribution < 1.29 is 19.5 Å². The standard InChI is InChI=1S/C12H19NO4/c1-2-12-8-9(13-17-11(12)15)6-4-3-5-7-10(14)16-12/h11,15H,2-8H2,1H3/t11-,12-/m0/s1. The summed E-state index contributed by atoms with van der Waals surface area (Å²) in [5, 5.41) is 13.8. The summed E-state index contributed by atoms with van der Waals surface area (Å²) >= 11 is 0. The van der Waals surface area contributed by atoms with Crippen molar-refractivity contribution >= 4 is 11.7 Å². The van der Waals surface area contributed by atoms with E-state index in [4.69, 9.17) is 9.57 Å². The average molecular weight is 241 g/mol. The first-order chi connectivity index (χ1) is 8.16. The molecule has 0 saturated carbocycles. The second-order valence-corrected chi connectivity index (χ2v) is 4.75. The molecule has 0 unspecified atom stereocenters. The van der Waals surface area contributed by atoms with E-state index in [-0.39, 0.29) is 5.97 Å². The summed E-state index contributed by atoms with van der Waals surface area (Å²) in [5.74, 6) is -0.252. The van der Waals surface area contributed by atoms with Gasteiger partial charge in [0.25, 0.3) is 6.29 Å². The van der Waals surface area contributed by atoms with Crippen molar-refractivity contribution in [3.05, 3.63) is 0 Å². The summed E-state index contributed by atoms with van der Waals surface area (Å²) in [4.78, 5) is 16.7. The number of carbonyl (C=O) groups is 1. The first-order valence-corrected chi connectivity index (χ1v) is 6.28. The number of nitrogens with zero attached hydrogens (tertiary/aromatic N) is 1. The zero-order chi connectivity index (χ0) is 12.3. The van der Waals surface area contributed by atoms with Gasteiger partial charge in [-0.25, -0.2) is 0 Å². The van der Waals surface area contributed by atoms with E-state index in [1.165, 1.54) is 0 Å². The molecule has 1 saturated heterocycles. The Kier molecular flexibility index (Phi) is 3.66. The molecule has 2 aliphatic rings. The highest BCUT2D eigenvalue weighted by atomic mass is 16.7. The molecule has 2 heterocycles. The zero-order valence-electron chi connectivity index (χ0n) is 10.1. The van der Waals surface area contributed by atoms with Crippen molar-refractivity contribution in [1.82, 2.24) is 0 Å². The summed E-state index contributed by atoms with van der Waals surface area (Å²) in [6.07, 6.45) is 3.96. The van der Waals surface area contributed by atoms with E-state index in [9.17, 15) is 9.90 Å². The predicted molar refractivity (Wildman–Crippen MR) is 61.3 cm³/mol. The van der Waals surface area contributed by atoms with Crippen LogP contribution in [0.4, 0.5) is 0 Å². The van der Waals surface area contributed by atoms with Crippen LogP contribution >= 0.6 is 0 Å². The Morgan fingerprint density at radius 1 is 1.41 bits per heavy atom. The van der Waals surface area contributed by atoms with Crippen LogP contribution in [0.5, 0.6) is 0 Å². The second kappa shape index (κ2) is 5.04. The molecule has 0 aliphatic carbocycles. The smallest absolute Gasteiger partial charge is 0.306 e. The van der Waals surface area contributed by atoms with Gasteiger partial charge in [0.1, 0.15) is 0 Å². The van der Waals surface area contributed by atoms with Crippen molar-refractivity contribution in [2.75, 3.05) is 0 Å². The van der Waals surface area contributed by atoms with E-state index in [0.717, 1.165) is 31.4 Å². The van der Waals surface area contributed by atoms with Gasteiger partial charge in [-0.1, -0.05) is 18.5 Å². The number of aliphatic hydroxyl groups excluding tert-OH is 1. The Hall–Kier alpha value is -1.10. The molecule has 17 heavy (non-hydrogen) atoms. The molecule has 5 heteroatoms. The maximum Gasteiger partial charge on any atom is 0.306 e. The number of fused-ring (bicyclic) bond motifs is 2. The summed E-state index contributed by atoms with van der Waals surface area (Å²) in [7, 11) is 0.